The summed E-state index contributed by atoms with van der Waals surface area (Å²) in [5.41, 5.74) is 0.544. The highest BCUT2D eigenvalue weighted by molar-refractivity contribution is 9.10. The van der Waals surface area contributed by atoms with Crippen molar-refractivity contribution in [1.82, 2.24) is 0 Å². The van der Waals surface area contributed by atoms with Crippen molar-refractivity contribution in [2.75, 3.05) is 0 Å². The van der Waals surface area contributed by atoms with E-state index in [2.05, 4.69) is 15.9 Å². The second kappa shape index (κ2) is 5.19. The Morgan fingerprint density at radius 1 is 1.67 bits per heavy atom. The van der Waals surface area contributed by atoms with E-state index in [4.69, 9.17) is 10.4 Å². The van der Waals surface area contributed by atoms with Crippen LogP contribution in [0.3, 0.4) is 0 Å². The molecule has 0 aliphatic rings. The first-order valence-electron chi connectivity index (χ1n) is 4.13. The molecule has 1 aromatic carbocycles. The third-order valence-electron chi connectivity index (χ3n) is 1.72. The number of rotatable bonds is 3. The number of carbonyl (C=O) groups is 1. The fraction of sp³-hybridized carbons (Fsp3) is 0.200. The number of benzene rings is 1. The molecule has 0 aliphatic heterocycles. The molecule has 1 rings (SSSR count). The van der Waals surface area contributed by atoms with Crippen molar-refractivity contribution in [3.63, 3.8) is 0 Å². The first-order chi connectivity index (χ1) is 7.04. The number of halogens is 1. The summed E-state index contributed by atoms with van der Waals surface area (Å²) in [6.45, 7) is 1.62. The van der Waals surface area contributed by atoms with Crippen LogP contribution in [-0.4, -0.2) is 16.3 Å². The summed E-state index contributed by atoms with van der Waals surface area (Å²) in [4.78, 5) is 11.5. The lowest BCUT2D eigenvalue weighted by atomic mass is 10.2. The van der Waals surface area contributed by atoms with Gasteiger partial charge in [-0.05, 0) is 41.1 Å². The third kappa shape index (κ3) is 3.26. The van der Waals surface area contributed by atoms with Gasteiger partial charge in [0.15, 0.2) is 0 Å². The number of thioether (sulfide) groups is 1. The maximum Gasteiger partial charge on any atom is 0.316 e. The summed E-state index contributed by atoms with van der Waals surface area (Å²) in [6, 6.07) is 7.19. The molecule has 0 aromatic heterocycles. The minimum absolute atomic E-state index is 0.496. The summed E-state index contributed by atoms with van der Waals surface area (Å²) in [5, 5.41) is 16.9. The molecule has 5 heteroatoms. The molecule has 15 heavy (non-hydrogen) atoms. The Bertz CT molecular complexity index is 428. The van der Waals surface area contributed by atoms with Gasteiger partial charge in [-0.3, -0.25) is 4.79 Å². The van der Waals surface area contributed by atoms with Gasteiger partial charge >= 0.3 is 5.97 Å². The monoisotopic (exact) mass is 285 g/mol. The predicted octanol–water partition coefficient (Wildman–Crippen LogP) is 2.89. The van der Waals surface area contributed by atoms with E-state index in [1.807, 2.05) is 6.07 Å². The van der Waals surface area contributed by atoms with Gasteiger partial charge in [-0.25, -0.2) is 0 Å². The molecule has 0 spiro atoms. The Kier molecular flexibility index (Phi) is 4.18. The molecule has 3 nitrogen and oxygen atoms in total. The predicted molar refractivity (Wildman–Crippen MR) is 61.8 cm³/mol. The van der Waals surface area contributed by atoms with Crippen LogP contribution in [0.15, 0.2) is 27.6 Å². The summed E-state index contributed by atoms with van der Waals surface area (Å²) in [5.74, 6) is -0.847. The van der Waals surface area contributed by atoms with Crippen molar-refractivity contribution in [2.45, 2.75) is 17.1 Å². The number of carboxylic acid groups (broad SMARTS) is 1. The second-order valence-electron chi connectivity index (χ2n) is 2.85. The minimum Gasteiger partial charge on any atom is -0.480 e. The van der Waals surface area contributed by atoms with E-state index in [1.165, 1.54) is 11.8 Å². The normalized spacial score (nSPS) is 11.8. The number of nitriles is 1. The van der Waals surface area contributed by atoms with Gasteiger partial charge in [0.25, 0.3) is 0 Å². The summed E-state index contributed by atoms with van der Waals surface area (Å²) < 4.78 is 0.688. The number of hydrogen-bond donors (Lipinski definition) is 1. The minimum atomic E-state index is -0.847. The van der Waals surface area contributed by atoms with Crippen molar-refractivity contribution >= 4 is 33.7 Å². The van der Waals surface area contributed by atoms with Gasteiger partial charge in [-0.2, -0.15) is 5.26 Å². The molecule has 0 aliphatic carbocycles. The van der Waals surface area contributed by atoms with Gasteiger partial charge in [0.1, 0.15) is 11.3 Å². The summed E-state index contributed by atoms with van der Waals surface area (Å²) in [7, 11) is 0. The van der Waals surface area contributed by atoms with Crippen LogP contribution in [0, 0.1) is 11.3 Å². The Hall–Kier alpha value is -0.990. The van der Waals surface area contributed by atoms with Gasteiger partial charge in [-0.15, -0.1) is 11.8 Å². The number of nitrogens with zero attached hydrogens (tertiary/aromatic N) is 1. The molecule has 0 heterocycles. The van der Waals surface area contributed by atoms with Gasteiger partial charge in [0.2, 0.25) is 0 Å². The molecule has 1 N–H and O–H groups in total. The largest absolute Gasteiger partial charge is 0.480 e. The highest BCUT2D eigenvalue weighted by atomic mass is 79.9. The van der Waals surface area contributed by atoms with Crippen molar-refractivity contribution in [3.05, 3.63) is 28.2 Å². The Balaban J connectivity index is 2.85. The Morgan fingerprint density at radius 3 is 2.80 bits per heavy atom. The van der Waals surface area contributed by atoms with Gasteiger partial charge in [-0.1, -0.05) is 0 Å². The van der Waals surface area contributed by atoms with E-state index in [0.717, 1.165) is 4.90 Å². The highest BCUT2D eigenvalue weighted by Crippen LogP contribution is 2.27. The Morgan fingerprint density at radius 2 is 2.33 bits per heavy atom. The molecule has 0 saturated carbocycles. The van der Waals surface area contributed by atoms with Crippen LogP contribution in [0.5, 0.6) is 0 Å². The molecular weight excluding hydrogens is 278 g/mol. The standard InChI is InChI=1S/C10H8BrNO2S/c1-6(10(13)14)15-8-3-2-7(5-12)9(11)4-8/h2-4,6H,1H3,(H,13,14). The van der Waals surface area contributed by atoms with Gasteiger partial charge in [0.05, 0.1) is 5.56 Å². The van der Waals surface area contributed by atoms with Crippen LogP contribution in [-0.2, 0) is 4.79 Å². The van der Waals surface area contributed by atoms with E-state index < -0.39 is 11.2 Å². The molecule has 78 valence electrons. The topological polar surface area (TPSA) is 61.1 Å². The maximum absolute atomic E-state index is 10.6. The maximum atomic E-state index is 10.6. The van der Waals surface area contributed by atoms with Crippen molar-refractivity contribution in [1.29, 1.82) is 5.26 Å². The van der Waals surface area contributed by atoms with E-state index in [0.29, 0.717) is 10.0 Å². The highest BCUT2D eigenvalue weighted by Gasteiger charge is 2.12. The first kappa shape index (κ1) is 12.1. The van der Waals surface area contributed by atoms with Crippen LogP contribution >= 0.6 is 27.7 Å². The average molecular weight is 286 g/mol. The molecular formula is C10H8BrNO2S. The zero-order valence-electron chi connectivity index (χ0n) is 7.90. The fourth-order valence-corrected chi connectivity index (χ4v) is 2.37. The van der Waals surface area contributed by atoms with Crippen LogP contribution in [0.4, 0.5) is 0 Å². The summed E-state index contributed by atoms with van der Waals surface area (Å²) >= 11 is 4.50. The van der Waals surface area contributed by atoms with E-state index >= 15 is 0 Å². The van der Waals surface area contributed by atoms with Crippen molar-refractivity contribution in [2.24, 2.45) is 0 Å². The lowest BCUT2D eigenvalue weighted by molar-refractivity contribution is -0.136. The van der Waals surface area contributed by atoms with Crippen molar-refractivity contribution in [3.8, 4) is 6.07 Å². The quantitative estimate of drug-likeness (QED) is 0.868. The third-order valence-corrected chi connectivity index (χ3v) is 3.46. The molecule has 0 bridgehead atoms. The molecule has 0 saturated heterocycles. The van der Waals surface area contributed by atoms with E-state index in [-0.39, 0.29) is 0 Å². The molecule has 1 unspecified atom stereocenters. The number of aliphatic carboxylic acids is 1. The molecule has 1 atom stereocenters. The molecule has 0 radical (unpaired) electrons. The average Bonchev–Trinajstić information content (AvgIpc) is 2.18. The van der Waals surface area contributed by atoms with Crippen LogP contribution < -0.4 is 0 Å². The number of hydrogen-bond acceptors (Lipinski definition) is 3. The zero-order valence-corrected chi connectivity index (χ0v) is 10.3. The Labute approximate surface area is 100 Å². The number of carboxylic acids is 1. The van der Waals surface area contributed by atoms with Gasteiger partial charge < -0.3 is 5.11 Å². The molecule has 1 aromatic rings. The zero-order chi connectivity index (χ0) is 11.4. The SMILES string of the molecule is CC(Sc1ccc(C#N)c(Br)c1)C(=O)O. The lowest BCUT2D eigenvalue weighted by Crippen LogP contribution is -2.10. The first-order valence-corrected chi connectivity index (χ1v) is 5.81. The fourth-order valence-electron chi connectivity index (χ4n) is 0.914. The van der Waals surface area contributed by atoms with Crippen molar-refractivity contribution < 1.29 is 9.90 Å². The van der Waals surface area contributed by atoms with Crippen LogP contribution in [0.25, 0.3) is 0 Å². The molecule has 0 amide bonds. The van der Waals surface area contributed by atoms with Crippen LogP contribution in [0.1, 0.15) is 12.5 Å². The lowest BCUT2D eigenvalue weighted by Gasteiger charge is -2.06. The molecule has 0 fully saturated rings. The van der Waals surface area contributed by atoms with Gasteiger partial charge in [0, 0.05) is 9.37 Å². The van der Waals surface area contributed by atoms with E-state index in [9.17, 15) is 4.79 Å². The second-order valence-corrected chi connectivity index (χ2v) is 5.12. The van der Waals surface area contributed by atoms with Crippen LogP contribution in [0.2, 0.25) is 0 Å². The smallest absolute Gasteiger partial charge is 0.316 e. The summed E-state index contributed by atoms with van der Waals surface area (Å²) in [6.07, 6.45) is 0. The van der Waals surface area contributed by atoms with E-state index in [1.54, 1.807) is 25.1 Å².